The molecule has 9 aromatic rings. The molecule has 0 N–H and O–H groups in total. The molecule has 262 valence electrons. The number of benzene rings is 7. The molecule has 1 spiro atoms. The van der Waals surface area contributed by atoms with Crippen LogP contribution in [0.1, 0.15) is 40.9 Å². The predicted molar refractivity (Wildman–Crippen MR) is 228 cm³/mol. The third-order valence-corrected chi connectivity index (χ3v) is 12.1. The number of rotatable bonds is 4. The molecule has 0 fully saturated rings. The van der Waals surface area contributed by atoms with E-state index in [0.29, 0.717) is 11.6 Å². The van der Waals surface area contributed by atoms with Crippen LogP contribution in [0.4, 0.5) is 0 Å². The first kappa shape index (κ1) is 31.2. The molecule has 0 amide bonds. The van der Waals surface area contributed by atoms with Gasteiger partial charge in [0.1, 0.15) is 0 Å². The molecule has 3 aliphatic rings. The van der Waals surface area contributed by atoms with Gasteiger partial charge in [0.2, 0.25) is 0 Å². The fraction of sp³-hybridized carbons (Fsp3) is 0.0577. The van der Waals surface area contributed by atoms with E-state index >= 15 is 0 Å². The Bertz CT molecular complexity index is 3100. The van der Waals surface area contributed by atoms with Gasteiger partial charge in [-0.15, -0.1) is 0 Å². The highest BCUT2D eigenvalue weighted by Crippen LogP contribution is 2.64. The minimum absolute atomic E-state index is 0.422. The molecule has 3 aliphatic carbocycles. The fourth-order valence-corrected chi connectivity index (χ4v) is 9.84. The van der Waals surface area contributed by atoms with E-state index in [4.69, 9.17) is 15.0 Å². The van der Waals surface area contributed by atoms with Gasteiger partial charge in [-0.05, 0) is 75.6 Å². The van der Waals surface area contributed by atoms with Crippen LogP contribution in [0.3, 0.4) is 0 Å². The summed E-state index contributed by atoms with van der Waals surface area (Å²) < 4.78 is 2.48. The molecule has 4 nitrogen and oxygen atoms in total. The van der Waals surface area contributed by atoms with Gasteiger partial charge >= 0.3 is 0 Å². The highest BCUT2D eigenvalue weighted by Gasteiger charge is 2.52. The van der Waals surface area contributed by atoms with Crippen molar-refractivity contribution in [1.82, 2.24) is 19.5 Å². The summed E-state index contributed by atoms with van der Waals surface area (Å²) in [5, 5.41) is 2.47. The van der Waals surface area contributed by atoms with Crippen LogP contribution in [0.5, 0.6) is 0 Å². The van der Waals surface area contributed by atoms with E-state index in [1.165, 1.54) is 66.3 Å². The number of nitrogens with zero attached hydrogens (tertiary/aromatic N) is 4. The second kappa shape index (κ2) is 11.9. The molecular formula is C52H34N4. The minimum atomic E-state index is -0.422. The molecule has 0 saturated carbocycles. The Morgan fingerprint density at radius 3 is 1.86 bits per heavy atom. The Balaban J connectivity index is 1.14. The molecule has 0 bridgehead atoms. The standard InChI is InChI=1S/C52H34N4/c1-3-16-33(17-4-1)49-53-50(34-18-5-2-6-19-34)55-51(54-49)35-20-15-21-36(32-35)56-46-29-14-10-24-39(46)40-30-31-45-47(48(40)56)41-25-9-13-28-44(41)52(45)42-26-11-7-22-37(42)38-23-8-12-27-43(38)52/h1-5,7-18,20-32H,6,19H2. The minimum Gasteiger partial charge on any atom is -0.309 e. The quantitative estimate of drug-likeness (QED) is 0.182. The van der Waals surface area contributed by atoms with Gasteiger partial charge < -0.3 is 4.57 Å². The number of fused-ring (bicyclic) bond motifs is 14. The summed E-state index contributed by atoms with van der Waals surface area (Å²) in [6, 6.07) is 59.7. The maximum atomic E-state index is 5.14. The van der Waals surface area contributed by atoms with Crippen LogP contribution in [0, 0.1) is 0 Å². The molecule has 0 radical (unpaired) electrons. The highest BCUT2D eigenvalue weighted by atomic mass is 15.0. The largest absolute Gasteiger partial charge is 0.309 e. The zero-order valence-corrected chi connectivity index (χ0v) is 30.5. The van der Waals surface area contributed by atoms with Crippen LogP contribution in [0.2, 0.25) is 0 Å². The molecule has 2 heterocycles. The van der Waals surface area contributed by atoms with Gasteiger partial charge in [0.15, 0.2) is 17.5 Å². The molecule has 2 aromatic heterocycles. The summed E-state index contributed by atoms with van der Waals surface area (Å²) in [5.74, 6) is 2.08. The summed E-state index contributed by atoms with van der Waals surface area (Å²) >= 11 is 0. The van der Waals surface area contributed by atoms with Crippen LogP contribution >= 0.6 is 0 Å². The first-order valence-electron chi connectivity index (χ1n) is 19.4. The number of hydrogen-bond acceptors (Lipinski definition) is 3. The molecule has 0 saturated heterocycles. The Morgan fingerprint density at radius 1 is 0.482 bits per heavy atom. The average molecular weight is 715 g/mol. The lowest BCUT2D eigenvalue weighted by Crippen LogP contribution is -2.25. The number of para-hydroxylation sites is 1. The van der Waals surface area contributed by atoms with Gasteiger partial charge in [0.25, 0.3) is 0 Å². The first-order chi connectivity index (χ1) is 27.8. The third kappa shape index (κ3) is 4.27. The van der Waals surface area contributed by atoms with Crippen molar-refractivity contribution in [3.05, 3.63) is 210 Å². The SMILES string of the molecule is C1=CCCC(c2nc(-c3ccccc3)nc(-c3cccc(-n4c5ccccc5c5ccc6c(c54)-c4ccccc4C64c5ccccc5-c5ccccc54)c3)n2)=C1. The van der Waals surface area contributed by atoms with E-state index in [9.17, 15) is 0 Å². The van der Waals surface area contributed by atoms with Crippen molar-refractivity contribution < 1.29 is 0 Å². The molecule has 0 unspecified atom stereocenters. The van der Waals surface area contributed by atoms with Gasteiger partial charge in [-0.3, -0.25) is 0 Å². The van der Waals surface area contributed by atoms with Crippen LogP contribution in [0.15, 0.2) is 182 Å². The smallest absolute Gasteiger partial charge is 0.164 e. The Morgan fingerprint density at radius 2 is 1.11 bits per heavy atom. The third-order valence-electron chi connectivity index (χ3n) is 12.1. The topological polar surface area (TPSA) is 43.6 Å². The summed E-state index contributed by atoms with van der Waals surface area (Å²) in [6.07, 6.45) is 8.32. The van der Waals surface area contributed by atoms with Crippen LogP contribution < -0.4 is 0 Å². The lowest BCUT2D eigenvalue weighted by molar-refractivity contribution is 0.794. The van der Waals surface area contributed by atoms with Crippen LogP contribution in [-0.2, 0) is 5.41 Å². The lowest BCUT2D eigenvalue weighted by atomic mass is 9.70. The summed E-state index contributed by atoms with van der Waals surface area (Å²) in [5.41, 5.74) is 16.6. The zero-order valence-electron chi connectivity index (χ0n) is 30.5. The van der Waals surface area contributed by atoms with Crippen molar-refractivity contribution >= 4 is 27.4 Å². The Labute approximate surface area is 324 Å². The normalized spacial score (nSPS) is 14.5. The molecule has 56 heavy (non-hydrogen) atoms. The van der Waals surface area contributed by atoms with Crippen LogP contribution in [-0.4, -0.2) is 19.5 Å². The summed E-state index contributed by atoms with van der Waals surface area (Å²) in [4.78, 5) is 15.3. The first-order valence-corrected chi connectivity index (χ1v) is 19.4. The van der Waals surface area contributed by atoms with Crippen LogP contribution in [0.25, 0.3) is 78.1 Å². The van der Waals surface area contributed by atoms with Gasteiger partial charge in [-0.25, -0.2) is 15.0 Å². The highest BCUT2D eigenvalue weighted by molar-refractivity contribution is 6.16. The lowest BCUT2D eigenvalue weighted by Gasteiger charge is -2.30. The van der Waals surface area contributed by atoms with Crippen molar-refractivity contribution in [1.29, 1.82) is 0 Å². The second-order valence-corrected chi connectivity index (χ2v) is 15.0. The van der Waals surface area contributed by atoms with Crippen molar-refractivity contribution in [2.24, 2.45) is 0 Å². The van der Waals surface area contributed by atoms with E-state index in [1.54, 1.807) is 0 Å². The van der Waals surface area contributed by atoms with Gasteiger partial charge in [-0.2, -0.15) is 0 Å². The average Bonchev–Trinajstić information content (AvgIpc) is 3.89. The number of aromatic nitrogens is 4. The summed E-state index contributed by atoms with van der Waals surface area (Å²) in [7, 11) is 0. The molecule has 7 aromatic carbocycles. The Hall–Kier alpha value is -7.17. The molecule has 0 atom stereocenters. The molecule has 0 aliphatic heterocycles. The van der Waals surface area contributed by atoms with E-state index in [0.717, 1.165) is 41.1 Å². The molecule has 12 rings (SSSR count). The van der Waals surface area contributed by atoms with E-state index < -0.39 is 5.41 Å². The molecule has 4 heteroatoms. The predicted octanol–water partition coefficient (Wildman–Crippen LogP) is 12.4. The monoisotopic (exact) mass is 714 g/mol. The number of hydrogen-bond donors (Lipinski definition) is 0. The zero-order chi connectivity index (χ0) is 36.8. The van der Waals surface area contributed by atoms with Crippen molar-refractivity contribution in [2.75, 3.05) is 0 Å². The maximum absolute atomic E-state index is 5.14. The van der Waals surface area contributed by atoms with E-state index in [-0.39, 0.29) is 0 Å². The van der Waals surface area contributed by atoms with Gasteiger partial charge in [0.05, 0.1) is 16.4 Å². The van der Waals surface area contributed by atoms with E-state index in [2.05, 4.69) is 168 Å². The van der Waals surface area contributed by atoms with Crippen molar-refractivity contribution in [2.45, 2.75) is 18.3 Å². The van der Waals surface area contributed by atoms with E-state index in [1.807, 2.05) is 18.2 Å². The Kier molecular flexibility index (Phi) is 6.64. The van der Waals surface area contributed by atoms with Gasteiger partial charge in [-0.1, -0.05) is 164 Å². The molecular weight excluding hydrogens is 681 g/mol. The maximum Gasteiger partial charge on any atom is 0.164 e. The second-order valence-electron chi connectivity index (χ2n) is 15.0. The van der Waals surface area contributed by atoms with Crippen molar-refractivity contribution in [3.63, 3.8) is 0 Å². The van der Waals surface area contributed by atoms with Crippen molar-refractivity contribution in [3.8, 4) is 50.7 Å². The summed E-state index contributed by atoms with van der Waals surface area (Å²) in [6.45, 7) is 0. The van der Waals surface area contributed by atoms with Gasteiger partial charge in [0, 0.05) is 33.2 Å². The fourth-order valence-electron chi connectivity index (χ4n) is 9.84. The number of allylic oxidation sites excluding steroid dienone is 4.